The second-order valence-electron chi connectivity index (χ2n) is 4.16. The van der Waals surface area contributed by atoms with Gasteiger partial charge < -0.3 is 10.5 Å². The molecule has 0 saturated carbocycles. The highest BCUT2D eigenvalue weighted by Crippen LogP contribution is 2.11. The molecule has 0 aliphatic carbocycles. The molecule has 19 heavy (non-hydrogen) atoms. The molecule has 1 aromatic carbocycles. The quantitative estimate of drug-likeness (QED) is 0.791. The van der Waals surface area contributed by atoms with E-state index < -0.39 is 0 Å². The normalized spacial score (nSPS) is 10.4. The molecule has 2 aromatic rings. The molecule has 0 fully saturated rings. The number of benzene rings is 1. The Labute approximate surface area is 111 Å². The Morgan fingerprint density at radius 1 is 1.21 bits per heavy atom. The molecule has 5 nitrogen and oxygen atoms in total. The molecule has 100 valence electrons. The van der Waals surface area contributed by atoms with Crippen molar-refractivity contribution in [3.8, 4) is 5.75 Å². The van der Waals surface area contributed by atoms with Crippen LogP contribution in [0.1, 0.15) is 12.0 Å². The Morgan fingerprint density at radius 2 is 2.00 bits per heavy atom. The van der Waals surface area contributed by atoms with Crippen molar-refractivity contribution in [3.05, 3.63) is 58.8 Å². The number of aromatic nitrogens is 2. The van der Waals surface area contributed by atoms with Crippen LogP contribution in [0.3, 0.4) is 0 Å². The van der Waals surface area contributed by atoms with Gasteiger partial charge in [-0.1, -0.05) is 12.1 Å². The first kappa shape index (κ1) is 13.3. The minimum absolute atomic E-state index is 0.0395. The maximum Gasteiger partial charge on any atom is 0.253 e. The maximum atomic E-state index is 11.4. The largest absolute Gasteiger partial charge is 0.494 e. The van der Waals surface area contributed by atoms with Crippen molar-refractivity contribution >= 4 is 0 Å². The van der Waals surface area contributed by atoms with Crippen molar-refractivity contribution in [2.24, 2.45) is 5.73 Å². The van der Waals surface area contributed by atoms with Gasteiger partial charge in [-0.3, -0.25) is 9.36 Å². The molecule has 2 rings (SSSR count). The lowest BCUT2D eigenvalue weighted by Gasteiger charge is -2.07. The van der Waals surface area contributed by atoms with Crippen LogP contribution in [-0.2, 0) is 13.1 Å². The minimum atomic E-state index is -0.0395. The van der Waals surface area contributed by atoms with Crippen LogP contribution in [-0.4, -0.2) is 16.2 Å². The van der Waals surface area contributed by atoms with E-state index in [9.17, 15) is 4.79 Å². The van der Waals surface area contributed by atoms with Crippen molar-refractivity contribution in [2.75, 3.05) is 6.61 Å². The Bertz CT molecular complexity index is 563. The van der Waals surface area contributed by atoms with Crippen LogP contribution in [0.2, 0.25) is 0 Å². The van der Waals surface area contributed by atoms with Gasteiger partial charge in [0.2, 0.25) is 0 Å². The lowest BCUT2D eigenvalue weighted by Crippen LogP contribution is -2.19. The summed E-state index contributed by atoms with van der Waals surface area (Å²) in [6, 6.07) is 9.14. The van der Waals surface area contributed by atoms with Crippen LogP contribution in [0, 0.1) is 0 Å². The van der Waals surface area contributed by atoms with Gasteiger partial charge >= 0.3 is 0 Å². The molecule has 0 unspecified atom stereocenters. The molecule has 5 heteroatoms. The highest BCUT2D eigenvalue weighted by atomic mass is 16.5. The summed E-state index contributed by atoms with van der Waals surface area (Å²) in [6.45, 7) is 1.70. The first-order valence-corrected chi connectivity index (χ1v) is 6.22. The first-order chi connectivity index (χ1) is 9.29. The number of hydrogen-bond donors (Lipinski definition) is 1. The molecule has 2 N–H and O–H groups in total. The summed E-state index contributed by atoms with van der Waals surface area (Å²) in [5.74, 6) is 0.815. The van der Waals surface area contributed by atoms with Gasteiger partial charge in [-0.05, 0) is 24.1 Å². The van der Waals surface area contributed by atoms with Crippen LogP contribution >= 0.6 is 0 Å². The lowest BCUT2D eigenvalue weighted by atomic mass is 10.2. The molecule has 0 saturated heterocycles. The number of rotatable bonds is 6. The average molecular weight is 259 g/mol. The third kappa shape index (κ3) is 3.93. The third-order valence-corrected chi connectivity index (χ3v) is 2.76. The third-order valence-electron chi connectivity index (χ3n) is 2.76. The van der Waals surface area contributed by atoms with Crippen molar-refractivity contribution in [2.45, 2.75) is 19.5 Å². The van der Waals surface area contributed by atoms with Crippen LogP contribution in [0.25, 0.3) is 0 Å². The van der Waals surface area contributed by atoms with Crippen LogP contribution in [0.15, 0.2) is 47.7 Å². The van der Waals surface area contributed by atoms with Gasteiger partial charge in [0.05, 0.1) is 12.9 Å². The Balaban J connectivity index is 1.77. The lowest BCUT2D eigenvalue weighted by molar-refractivity contribution is 0.300. The fourth-order valence-electron chi connectivity index (χ4n) is 1.69. The summed E-state index contributed by atoms with van der Waals surface area (Å²) >= 11 is 0. The first-order valence-electron chi connectivity index (χ1n) is 6.22. The Hall–Kier alpha value is -2.14. The molecule has 0 aliphatic rings. The van der Waals surface area contributed by atoms with E-state index in [1.807, 2.05) is 24.3 Å². The summed E-state index contributed by atoms with van der Waals surface area (Å²) in [7, 11) is 0. The Kier molecular flexibility index (Phi) is 4.69. The van der Waals surface area contributed by atoms with Crippen molar-refractivity contribution < 1.29 is 4.74 Å². The maximum absolute atomic E-state index is 11.4. The molecule has 0 spiro atoms. The van der Waals surface area contributed by atoms with Crippen molar-refractivity contribution in [3.63, 3.8) is 0 Å². The highest BCUT2D eigenvalue weighted by Gasteiger charge is 1.97. The van der Waals surface area contributed by atoms with E-state index in [0.717, 1.165) is 17.7 Å². The topological polar surface area (TPSA) is 70.1 Å². The number of ether oxygens (including phenoxy) is 1. The fraction of sp³-hybridized carbons (Fsp3) is 0.286. The molecule has 1 aromatic heterocycles. The minimum Gasteiger partial charge on any atom is -0.494 e. The number of nitrogens with zero attached hydrogens (tertiary/aromatic N) is 2. The fourth-order valence-corrected chi connectivity index (χ4v) is 1.69. The van der Waals surface area contributed by atoms with Gasteiger partial charge in [0.25, 0.3) is 5.56 Å². The molecule has 1 heterocycles. The van der Waals surface area contributed by atoms with E-state index in [1.54, 1.807) is 10.9 Å². The molecule has 0 atom stereocenters. The predicted molar refractivity (Wildman–Crippen MR) is 72.9 cm³/mol. The molecular formula is C14H17N3O2. The summed E-state index contributed by atoms with van der Waals surface area (Å²) < 4.78 is 7.16. The van der Waals surface area contributed by atoms with Gasteiger partial charge in [0.1, 0.15) is 5.75 Å². The van der Waals surface area contributed by atoms with E-state index in [-0.39, 0.29) is 5.56 Å². The predicted octanol–water partition coefficient (Wildman–Crippen LogP) is 1.17. The summed E-state index contributed by atoms with van der Waals surface area (Å²) in [5, 5.41) is 0. The summed E-state index contributed by atoms with van der Waals surface area (Å²) in [4.78, 5) is 15.3. The molecule has 0 aliphatic heterocycles. The van der Waals surface area contributed by atoms with E-state index in [4.69, 9.17) is 10.5 Å². The Morgan fingerprint density at radius 3 is 2.68 bits per heavy atom. The average Bonchev–Trinajstić information content (AvgIpc) is 2.46. The van der Waals surface area contributed by atoms with E-state index in [1.165, 1.54) is 12.3 Å². The SMILES string of the molecule is NCc1ccc(OCCCn2cnccc2=O)cc1. The van der Waals surface area contributed by atoms with E-state index in [0.29, 0.717) is 19.7 Å². The monoisotopic (exact) mass is 259 g/mol. The van der Waals surface area contributed by atoms with E-state index >= 15 is 0 Å². The van der Waals surface area contributed by atoms with Crippen LogP contribution in [0.5, 0.6) is 5.75 Å². The zero-order valence-electron chi connectivity index (χ0n) is 10.7. The number of nitrogens with two attached hydrogens (primary N) is 1. The van der Waals surface area contributed by atoms with Crippen LogP contribution < -0.4 is 16.0 Å². The van der Waals surface area contributed by atoms with Crippen LogP contribution in [0.4, 0.5) is 0 Å². The van der Waals surface area contributed by atoms with Gasteiger partial charge in [-0.2, -0.15) is 0 Å². The van der Waals surface area contributed by atoms with Crippen molar-refractivity contribution in [1.82, 2.24) is 9.55 Å². The summed E-state index contributed by atoms with van der Waals surface area (Å²) in [5.41, 5.74) is 6.56. The molecule has 0 bridgehead atoms. The highest BCUT2D eigenvalue weighted by molar-refractivity contribution is 5.26. The van der Waals surface area contributed by atoms with Crippen molar-refractivity contribution in [1.29, 1.82) is 0 Å². The second-order valence-corrected chi connectivity index (χ2v) is 4.16. The number of hydrogen-bond acceptors (Lipinski definition) is 4. The summed E-state index contributed by atoms with van der Waals surface area (Å²) in [6.07, 6.45) is 3.79. The zero-order chi connectivity index (χ0) is 13.5. The standard InChI is InChI=1S/C14H17N3O2/c15-10-12-2-4-13(5-3-12)19-9-1-8-17-11-16-7-6-14(17)18/h2-7,11H,1,8-10,15H2. The second kappa shape index (κ2) is 6.70. The van der Waals surface area contributed by atoms with Gasteiger partial charge in [0.15, 0.2) is 0 Å². The molecule has 0 amide bonds. The van der Waals surface area contributed by atoms with E-state index in [2.05, 4.69) is 4.98 Å². The number of aryl methyl sites for hydroxylation is 1. The van der Waals surface area contributed by atoms with Gasteiger partial charge in [-0.25, -0.2) is 4.98 Å². The zero-order valence-corrected chi connectivity index (χ0v) is 10.7. The smallest absolute Gasteiger partial charge is 0.253 e. The molecular weight excluding hydrogens is 242 g/mol. The molecule has 0 radical (unpaired) electrons. The van der Waals surface area contributed by atoms with Gasteiger partial charge in [-0.15, -0.1) is 0 Å². The van der Waals surface area contributed by atoms with Gasteiger partial charge in [0, 0.05) is 25.4 Å².